The molecule has 0 aliphatic rings. The van der Waals surface area contributed by atoms with Crippen molar-refractivity contribution in [2.75, 3.05) is 11.9 Å². The van der Waals surface area contributed by atoms with Gasteiger partial charge in [-0.3, -0.25) is 4.79 Å². The molecule has 1 N–H and O–H groups in total. The van der Waals surface area contributed by atoms with E-state index < -0.39 is 5.97 Å². The topological polar surface area (TPSA) is 55.4 Å². The number of amides is 1. The fourth-order valence-corrected chi connectivity index (χ4v) is 2.64. The Morgan fingerprint density at radius 3 is 2.08 bits per heavy atom. The Kier molecular flexibility index (Phi) is 5.39. The molecule has 0 heterocycles. The van der Waals surface area contributed by atoms with Crippen molar-refractivity contribution in [3.63, 3.8) is 0 Å². The van der Waals surface area contributed by atoms with Gasteiger partial charge in [0.25, 0.3) is 5.91 Å². The molecule has 1 amide bonds. The van der Waals surface area contributed by atoms with Crippen LogP contribution in [0.4, 0.5) is 5.69 Å². The van der Waals surface area contributed by atoms with E-state index >= 15 is 0 Å². The summed E-state index contributed by atoms with van der Waals surface area (Å²) in [7, 11) is 0. The highest BCUT2D eigenvalue weighted by Crippen LogP contribution is 2.21. The van der Waals surface area contributed by atoms with Crippen molar-refractivity contribution in [3.05, 3.63) is 63.7 Å². The van der Waals surface area contributed by atoms with Crippen LogP contribution in [0.2, 0.25) is 0 Å². The number of anilines is 1. The van der Waals surface area contributed by atoms with Crippen LogP contribution in [0.25, 0.3) is 0 Å². The fourth-order valence-electron chi connectivity index (χ4n) is 2.64. The van der Waals surface area contributed by atoms with Gasteiger partial charge in [-0.15, -0.1) is 0 Å². The second kappa shape index (κ2) is 7.30. The first kappa shape index (κ1) is 17.7. The predicted octanol–water partition coefficient (Wildman–Crippen LogP) is 4.02. The Labute approximate surface area is 142 Å². The maximum absolute atomic E-state index is 12.1. The number of carbonyl (C=O) groups is 2. The molecular formula is C20H23NO3. The molecule has 2 aromatic carbocycles. The molecule has 0 radical (unpaired) electrons. The molecule has 0 bridgehead atoms. The van der Waals surface area contributed by atoms with E-state index in [-0.39, 0.29) is 12.5 Å². The number of esters is 1. The van der Waals surface area contributed by atoms with Gasteiger partial charge in [0.15, 0.2) is 6.61 Å². The van der Waals surface area contributed by atoms with Gasteiger partial charge in [0, 0.05) is 5.69 Å². The van der Waals surface area contributed by atoms with Gasteiger partial charge < -0.3 is 10.1 Å². The zero-order chi connectivity index (χ0) is 17.9. The highest BCUT2D eigenvalue weighted by Gasteiger charge is 2.13. The average molecular weight is 325 g/mol. The zero-order valence-corrected chi connectivity index (χ0v) is 14.8. The third-order valence-corrected chi connectivity index (χ3v) is 4.02. The lowest BCUT2D eigenvalue weighted by Gasteiger charge is -2.13. The molecule has 0 fully saturated rings. The summed E-state index contributed by atoms with van der Waals surface area (Å²) in [5.41, 5.74) is 6.46. The van der Waals surface area contributed by atoms with Crippen LogP contribution in [-0.2, 0) is 9.53 Å². The van der Waals surface area contributed by atoms with Gasteiger partial charge in [0.1, 0.15) is 0 Å². The monoisotopic (exact) mass is 325 g/mol. The van der Waals surface area contributed by atoms with Crippen LogP contribution in [0.15, 0.2) is 30.3 Å². The zero-order valence-electron chi connectivity index (χ0n) is 14.8. The minimum atomic E-state index is -0.495. The van der Waals surface area contributed by atoms with Crippen LogP contribution in [0.3, 0.4) is 0 Å². The minimum absolute atomic E-state index is 0.307. The number of carbonyl (C=O) groups excluding carboxylic acids is 2. The molecule has 126 valence electrons. The molecule has 0 aliphatic carbocycles. The van der Waals surface area contributed by atoms with Gasteiger partial charge in [-0.05, 0) is 69.0 Å². The van der Waals surface area contributed by atoms with Crippen molar-refractivity contribution >= 4 is 17.6 Å². The number of nitrogens with one attached hydrogen (secondary N) is 1. The predicted molar refractivity (Wildman–Crippen MR) is 95.5 cm³/mol. The highest BCUT2D eigenvalue weighted by atomic mass is 16.5. The second-order valence-electron chi connectivity index (χ2n) is 6.20. The quantitative estimate of drug-likeness (QED) is 0.864. The summed E-state index contributed by atoms with van der Waals surface area (Å²) >= 11 is 0. The van der Waals surface area contributed by atoms with Crippen LogP contribution in [0.1, 0.15) is 38.2 Å². The summed E-state index contributed by atoms with van der Waals surface area (Å²) in [6.45, 7) is 9.49. The van der Waals surface area contributed by atoms with Crippen LogP contribution >= 0.6 is 0 Å². The van der Waals surface area contributed by atoms with Crippen molar-refractivity contribution in [2.24, 2.45) is 0 Å². The Balaban J connectivity index is 1.98. The highest BCUT2D eigenvalue weighted by molar-refractivity contribution is 5.96. The summed E-state index contributed by atoms with van der Waals surface area (Å²) in [6, 6.07) is 9.35. The maximum atomic E-state index is 12.1. The van der Waals surface area contributed by atoms with Crippen LogP contribution in [0, 0.1) is 34.6 Å². The largest absolute Gasteiger partial charge is 0.452 e. The molecule has 2 aromatic rings. The maximum Gasteiger partial charge on any atom is 0.338 e. The average Bonchev–Trinajstić information content (AvgIpc) is 2.51. The molecule has 4 nitrogen and oxygen atoms in total. The standard InChI is InChI=1S/C20H23NO3/c1-12-8-15(4)19(16(5)9-12)21-18(22)11-24-20(23)17-7-6-13(2)14(3)10-17/h6-10H,11H2,1-5H3,(H,21,22). The van der Waals surface area contributed by atoms with Crippen LogP contribution in [-0.4, -0.2) is 18.5 Å². The van der Waals surface area contributed by atoms with E-state index in [1.165, 1.54) is 0 Å². The van der Waals surface area contributed by atoms with Gasteiger partial charge in [0.2, 0.25) is 0 Å². The van der Waals surface area contributed by atoms with Gasteiger partial charge in [0.05, 0.1) is 5.56 Å². The van der Waals surface area contributed by atoms with Gasteiger partial charge in [-0.1, -0.05) is 23.8 Å². The van der Waals surface area contributed by atoms with Crippen molar-refractivity contribution in [1.29, 1.82) is 0 Å². The summed E-state index contributed by atoms with van der Waals surface area (Å²) in [5.74, 6) is -0.840. The Bertz CT molecular complexity index is 770. The van der Waals surface area contributed by atoms with Gasteiger partial charge >= 0.3 is 5.97 Å². The molecule has 0 spiro atoms. The molecule has 4 heteroatoms. The number of benzene rings is 2. The van der Waals surface area contributed by atoms with E-state index in [4.69, 9.17) is 4.74 Å². The minimum Gasteiger partial charge on any atom is -0.452 e. The van der Waals surface area contributed by atoms with Gasteiger partial charge in [-0.2, -0.15) is 0 Å². The van der Waals surface area contributed by atoms with Crippen molar-refractivity contribution in [2.45, 2.75) is 34.6 Å². The first-order valence-corrected chi connectivity index (χ1v) is 7.90. The smallest absolute Gasteiger partial charge is 0.338 e. The molecule has 0 aromatic heterocycles. The summed E-state index contributed by atoms with van der Waals surface area (Å²) in [5, 5.41) is 2.82. The number of hydrogen-bond donors (Lipinski definition) is 1. The fraction of sp³-hybridized carbons (Fsp3) is 0.300. The van der Waals surface area contributed by atoms with Crippen LogP contribution < -0.4 is 5.32 Å². The van der Waals surface area contributed by atoms with E-state index in [9.17, 15) is 9.59 Å². The number of aryl methyl sites for hydroxylation is 5. The Morgan fingerprint density at radius 1 is 0.875 bits per heavy atom. The molecule has 0 atom stereocenters. The molecular weight excluding hydrogens is 302 g/mol. The van der Waals surface area contributed by atoms with E-state index in [0.29, 0.717) is 5.56 Å². The van der Waals surface area contributed by atoms with Crippen molar-refractivity contribution in [3.8, 4) is 0 Å². The molecule has 0 saturated carbocycles. The number of hydrogen-bond acceptors (Lipinski definition) is 3. The van der Waals surface area contributed by atoms with E-state index in [0.717, 1.165) is 33.5 Å². The van der Waals surface area contributed by atoms with E-state index in [2.05, 4.69) is 5.32 Å². The first-order chi connectivity index (χ1) is 11.3. The lowest BCUT2D eigenvalue weighted by atomic mass is 10.1. The Morgan fingerprint density at radius 2 is 1.50 bits per heavy atom. The third-order valence-electron chi connectivity index (χ3n) is 4.02. The SMILES string of the molecule is Cc1cc(C)c(NC(=O)COC(=O)c2ccc(C)c(C)c2)c(C)c1. The lowest BCUT2D eigenvalue weighted by molar-refractivity contribution is -0.119. The normalized spacial score (nSPS) is 10.4. The number of ether oxygens (including phenoxy) is 1. The lowest BCUT2D eigenvalue weighted by Crippen LogP contribution is -2.22. The molecule has 0 aliphatic heterocycles. The van der Waals surface area contributed by atoms with E-state index in [1.807, 2.05) is 52.8 Å². The van der Waals surface area contributed by atoms with E-state index in [1.54, 1.807) is 12.1 Å². The number of rotatable bonds is 4. The van der Waals surface area contributed by atoms with Crippen LogP contribution in [0.5, 0.6) is 0 Å². The summed E-state index contributed by atoms with van der Waals surface area (Å²) in [6.07, 6.45) is 0. The Hall–Kier alpha value is -2.62. The first-order valence-electron chi connectivity index (χ1n) is 7.90. The molecule has 2 rings (SSSR count). The van der Waals surface area contributed by atoms with Crippen molar-refractivity contribution in [1.82, 2.24) is 0 Å². The summed E-state index contributed by atoms with van der Waals surface area (Å²) in [4.78, 5) is 24.1. The van der Waals surface area contributed by atoms with Crippen molar-refractivity contribution < 1.29 is 14.3 Å². The third kappa shape index (κ3) is 4.22. The molecule has 0 unspecified atom stereocenters. The second-order valence-corrected chi connectivity index (χ2v) is 6.20. The summed E-state index contributed by atoms with van der Waals surface area (Å²) < 4.78 is 5.11. The molecule has 0 saturated heterocycles. The van der Waals surface area contributed by atoms with Gasteiger partial charge in [-0.25, -0.2) is 4.79 Å². The molecule has 24 heavy (non-hydrogen) atoms.